The Hall–Kier alpha value is -2.01. The van der Waals surface area contributed by atoms with Crippen LogP contribution in [-0.4, -0.2) is 16.0 Å². The molecule has 0 fully saturated rings. The van der Waals surface area contributed by atoms with Crippen molar-refractivity contribution in [3.63, 3.8) is 0 Å². The van der Waals surface area contributed by atoms with Gasteiger partial charge in [0, 0.05) is 12.6 Å². The maximum Gasteiger partial charge on any atom is 0.293 e. The number of aryl methyl sites for hydroxylation is 2. The van der Waals surface area contributed by atoms with Crippen LogP contribution in [0.3, 0.4) is 0 Å². The average molecular weight is 267 g/mol. The normalized spacial score (nSPS) is 10.4. The highest BCUT2D eigenvalue weighted by Gasteiger charge is 2.16. The van der Waals surface area contributed by atoms with Crippen molar-refractivity contribution in [2.24, 2.45) is 0 Å². The summed E-state index contributed by atoms with van der Waals surface area (Å²) >= 11 is 5.74. The number of halogens is 1. The van der Waals surface area contributed by atoms with E-state index in [-0.39, 0.29) is 16.5 Å². The van der Waals surface area contributed by atoms with Crippen molar-refractivity contribution in [1.82, 2.24) is 4.98 Å². The number of nitrogens with zero attached hydrogens (tertiary/aromatic N) is 1. The molecule has 0 aliphatic heterocycles. The number of amides is 1. The number of nitrogens with one attached hydrogen (secondary N) is 1. The van der Waals surface area contributed by atoms with Crippen molar-refractivity contribution in [3.8, 4) is 5.75 Å². The first-order valence-corrected chi connectivity index (χ1v) is 5.59. The lowest BCUT2D eigenvalue weighted by atomic mass is 10.3. The third kappa shape index (κ3) is 2.46. The molecule has 0 atom stereocenters. The first-order valence-electron chi connectivity index (χ1n) is 5.21. The molecule has 0 saturated heterocycles. The lowest BCUT2D eigenvalue weighted by molar-refractivity contribution is 0.0994. The van der Waals surface area contributed by atoms with Gasteiger partial charge >= 0.3 is 0 Å². The number of oxazole rings is 1. The van der Waals surface area contributed by atoms with Gasteiger partial charge in [0.1, 0.15) is 5.75 Å². The molecule has 0 unspecified atom stereocenters. The molecule has 0 bridgehead atoms. The third-order valence-electron chi connectivity index (χ3n) is 2.32. The fourth-order valence-electron chi connectivity index (χ4n) is 1.51. The molecule has 5 nitrogen and oxygen atoms in total. The van der Waals surface area contributed by atoms with Crippen LogP contribution in [0.5, 0.6) is 5.75 Å². The number of phenolic OH excluding ortho intramolecular Hbond substituents is 1. The molecule has 94 valence electrons. The fraction of sp³-hybridized carbons (Fsp3) is 0.167. The Morgan fingerprint density at radius 2 is 2.17 bits per heavy atom. The number of rotatable bonds is 2. The van der Waals surface area contributed by atoms with Crippen LogP contribution in [0.1, 0.15) is 22.1 Å². The molecule has 0 aliphatic carbocycles. The summed E-state index contributed by atoms with van der Waals surface area (Å²) in [5.74, 6) is 0.147. The standard InChI is InChI=1S/C12H11ClN2O3/c1-6-11(18-7(2)14-6)12(17)15-8-3-4-10(16)9(13)5-8/h3-5,16H,1-2H3,(H,15,17). The van der Waals surface area contributed by atoms with E-state index in [2.05, 4.69) is 10.3 Å². The Morgan fingerprint density at radius 3 is 2.72 bits per heavy atom. The largest absolute Gasteiger partial charge is 0.506 e. The summed E-state index contributed by atoms with van der Waals surface area (Å²) in [5.41, 5.74) is 0.992. The molecular weight excluding hydrogens is 256 g/mol. The highest BCUT2D eigenvalue weighted by atomic mass is 35.5. The van der Waals surface area contributed by atoms with Crippen LogP contribution in [0, 0.1) is 13.8 Å². The lowest BCUT2D eigenvalue weighted by Gasteiger charge is -2.04. The van der Waals surface area contributed by atoms with Crippen LogP contribution in [0.2, 0.25) is 5.02 Å². The van der Waals surface area contributed by atoms with Gasteiger partial charge in [0.05, 0.1) is 10.7 Å². The minimum Gasteiger partial charge on any atom is -0.506 e. The summed E-state index contributed by atoms with van der Waals surface area (Å²) in [5, 5.41) is 12.0. The van der Waals surface area contributed by atoms with Crippen LogP contribution in [0.4, 0.5) is 5.69 Å². The molecule has 0 radical (unpaired) electrons. The predicted molar refractivity (Wildman–Crippen MR) is 67.0 cm³/mol. The molecule has 1 amide bonds. The number of anilines is 1. The van der Waals surface area contributed by atoms with E-state index in [0.29, 0.717) is 17.3 Å². The van der Waals surface area contributed by atoms with Gasteiger partial charge in [-0.15, -0.1) is 0 Å². The van der Waals surface area contributed by atoms with E-state index in [0.717, 1.165) is 0 Å². The minimum absolute atomic E-state index is 0.0404. The van der Waals surface area contributed by atoms with Gasteiger partial charge in [0.2, 0.25) is 5.76 Å². The van der Waals surface area contributed by atoms with E-state index in [1.54, 1.807) is 13.8 Å². The summed E-state index contributed by atoms with van der Waals surface area (Å²) in [7, 11) is 0. The Kier molecular flexibility index (Phi) is 3.25. The van der Waals surface area contributed by atoms with Gasteiger partial charge in [0.25, 0.3) is 5.91 Å². The van der Waals surface area contributed by atoms with Gasteiger partial charge in [-0.05, 0) is 25.1 Å². The number of benzene rings is 1. The Bertz CT molecular complexity index is 607. The van der Waals surface area contributed by atoms with E-state index >= 15 is 0 Å². The summed E-state index contributed by atoms with van der Waals surface area (Å²) in [6.07, 6.45) is 0. The summed E-state index contributed by atoms with van der Waals surface area (Å²) in [6.45, 7) is 3.36. The van der Waals surface area contributed by atoms with Gasteiger partial charge in [0.15, 0.2) is 5.89 Å². The molecule has 2 aromatic rings. The zero-order valence-corrected chi connectivity index (χ0v) is 10.6. The van der Waals surface area contributed by atoms with E-state index in [4.69, 9.17) is 16.0 Å². The van der Waals surface area contributed by atoms with E-state index in [1.807, 2.05) is 0 Å². The SMILES string of the molecule is Cc1nc(C)c(C(=O)Nc2ccc(O)c(Cl)c2)o1. The highest BCUT2D eigenvalue weighted by molar-refractivity contribution is 6.32. The minimum atomic E-state index is -0.408. The molecule has 0 saturated carbocycles. The molecule has 0 spiro atoms. The van der Waals surface area contributed by atoms with E-state index in [1.165, 1.54) is 18.2 Å². The number of carbonyl (C=O) groups excluding carboxylic acids is 1. The van der Waals surface area contributed by atoms with Gasteiger partial charge in [-0.2, -0.15) is 0 Å². The Labute approximate surface area is 108 Å². The number of aromatic hydroxyl groups is 1. The molecule has 1 aromatic carbocycles. The number of hydrogen-bond acceptors (Lipinski definition) is 4. The molecule has 1 heterocycles. The molecule has 18 heavy (non-hydrogen) atoms. The van der Waals surface area contributed by atoms with E-state index in [9.17, 15) is 9.90 Å². The Morgan fingerprint density at radius 1 is 1.44 bits per heavy atom. The molecule has 6 heteroatoms. The maximum absolute atomic E-state index is 11.9. The zero-order chi connectivity index (χ0) is 13.3. The molecular formula is C12H11ClN2O3. The van der Waals surface area contributed by atoms with Crippen LogP contribution >= 0.6 is 11.6 Å². The number of carbonyl (C=O) groups is 1. The maximum atomic E-state index is 11.9. The quantitative estimate of drug-likeness (QED) is 0.820. The van der Waals surface area contributed by atoms with Gasteiger partial charge in [-0.1, -0.05) is 11.6 Å². The fourth-order valence-corrected chi connectivity index (χ4v) is 1.70. The number of phenols is 1. The molecule has 2 rings (SSSR count). The number of hydrogen-bond donors (Lipinski definition) is 2. The van der Waals surface area contributed by atoms with Crippen molar-refractivity contribution in [1.29, 1.82) is 0 Å². The summed E-state index contributed by atoms with van der Waals surface area (Å²) < 4.78 is 5.20. The van der Waals surface area contributed by atoms with Crippen molar-refractivity contribution in [2.75, 3.05) is 5.32 Å². The smallest absolute Gasteiger partial charge is 0.293 e. The highest BCUT2D eigenvalue weighted by Crippen LogP contribution is 2.26. The zero-order valence-electron chi connectivity index (χ0n) is 9.82. The molecule has 2 N–H and O–H groups in total. The summed E-state index contributed by atoms with van der Waals surface area (Å²) in [6, 6.07) is 4.39. The predicted octanol–water partition coefficient (Wildman–Crippen LogP) is 2.90. The lowest BCUT2D eigenvalue weighted by Crippen LogP contribution is -2.12. The van der Waals surface area contributed by atoms with Crippen LogP contribution in [0.15, 0.2) is 22.6 Å². The van der Waals surface area contributed by atoms with Crippen molar-refractivity contribution < 1.29 is 14.3 Å². The monoisotopic (exact) mass is 266 g/mol. The van der Waals surface area contributed by atoms with Crippen LogP contribution in [-0.2, 0) is 0 Å². The number of aromatic nitrogens is 1. The van der Waals surface area contributed by atoms with Crippen molar-refractivity contribution >= 4 is 23.2 Å². The van der Waals surface area contributed by atoms with Gasteiger partial charge in [-0.25, -0.2) is 4.98 Å². The van der Waals surface area contributed by atoms with Crippen molar-refractivity contribution in [2.45, 2.75) is 13.8 Å². The van der Waals surface area contributed by atoms with Gasteiger partial charge in [-0.3, -0.25) is 4.79 Å². The molecule has 1 aromatic heterocycles. The average Bonchev–Trinajstić information content (AvgIpc) is 2.63. The molecule has 0 aliphatic rings. The second-order valence-electron chi connectivity index (χ2n) is 3.77. The first kappa shape index (κ1) is 12.4. The second kappa shape index (κ2) is 4.70. The second-order valence-corrected chi connectivity index (χ2v) is 4.17. The first-order chi connectivity index (χ1) is 8.47. The van der Waals surface area contributed by atoms with Crippen LogP contribution in [0.25, 0.3) is 0 Å². The topological polar surface area (TPSA) is 75.4 Å². The van der Waals surface area contributed by atoms with Crippen molar-refractivity contribution in [3.05, 3.63) is 40.6 Å². The summed E-state index contributed by atoms with van der Waals surface area (Å²) in [4.78, 5) is 15.9. The third-order valence-corrected chi connectivity index (χ3v) is 2.62. The van der Waals surface area contributed by atoms with Crippen LogP contribution < -0.4 is 5.32 Å². The Balaban J connectivity index is 2.21. The van der Waals surface area contributed by atoms with E-state index < -0.39 is 5.91 Å². The van der Waals surface area contributed by atoms with Gasteiger partial charge < -0.3 is 14.8 Å².